The molecule has 0 aromatic heterocycles. The van der Waals surface area contributed by atoms with Crippen molar-refractivity contribution in [1.29, 1.82) is 0 Å². The van der Waals surface area contributed by atoms with E-state index in [0.29, 0.717) is 0 Å². The monoisotopic (exact) mass is 292 g/mol. The van der Waals surface area contributed by atoms with E-state index in [2.05, 4.69) is 56.3 Å². The van der Waals surface area contributed by atoms with Gasteiger partial charge in [0.1, 0.15) is 0 Å². The Bertz CT molecular complexity index is 663. The standard InChI is InChI=1S/C22H28/c1-3-4-5-6-18-8-11-19(12-9-18)21-14-13-20-15-17(2)7-10-22(20)16-21/h7,10-11,13-16,18H,3-6,8-9,12H2,1-2H3. The fourth-order valence-corrected chi connectivity index (χ4v) is 3.66. The van der Waals surface area contributed by atoms with Crippen molar-refractivity contribution in [2.45, 2.75) is 58.8 Å². The summed E-state index contributed by atoms with van der Waals surface area (Å²) in [6, 6.07) is 13.7. The maximum absolute atomic E-state index is 2.51. The largest absolute Gasteiger partial charge is 0.0804 e. The molecule has 0 fully saturated rings. The van der Waals surface area contributed by atoms with Gasteiger partial charge in [0.05, 0.1) is 0 Å². The van der Waals surface area contributed by atoms with Gasteiger partial charge in [-0.05, 0) is 60.1 Å². The summed E-state index contributed by atoms with van der Waals surface area (Å²) in [7, 11) is 0. The second-order valence-electron chi connectivity index (χ2n) is 6.93. The average Bonchev–Trinajstić information content (AvgIpc) is 2.55. The summed E-state index contributed by atoms with van der Waals surface area (Å²) in [4.78, 5) is 0. The minimum absolute atomic E-state index is 0.929. The van der Waals surface area contributed by atoms with Crippen LogP contribution in [-0.2, 0) is 0 Å². The van der Waals surface area contributed by atoms with E-state index in [-0.39, 0.29) is 0 Å². The van der Waals surface area contributed by atoms with Crippen molar-refractivity contribution in [1.82, 2.24) is 0 Å². The molecule has 0 amide bonds. The molecular formula is C22H28. The fraction of sp³-hybridized carbons (Fsp3) is 0.455. The van der Waals surface area contributed by atoms with Crippen molar-refractivity contribution in [3.63, 3.8) is 0 Å². The molecule has 0 aliphatic heterocycles. The van der Waals surface area contributed by atoms with E-state index in [4.69, 9.17) is 0 Å². The van der Waals surface area contributed by atoms with Crippen LogP contribution in [0.1, 0.15) is 63.0 Å². The first-order valence-electron chi connectivity index (χ1n) is 8.96. The Morgan fingerprint density at radius 2 is 1.82 bits per heavy atom. The highest BCUT2D eigenvalue weighted by molar-refractivity contribution is 5.87. The van der Waals surface area contributed by atoms with E-state index >= 15 is 0 Å². The van der Waals surface area contributed by atoms with Crippen LogP contribution in [-0.4, -0.2) is 0 Å². The van der Waals surface area contributed by atoms with Crippen molar-refractivity contribution in [2.75, 3.05) is 0 Å². The number of benzene rings is 2. The average molecular weight is 292 g/mol. The van der Waals surface area contributed by atoms with Crippen LogP contribution in [0, 0.1) is 12.8 Å². The Kier molecular flexibility index (Phi) is 4.97. The molecule has 1 unspecified atom stereocenters. The smallest absolute Gasteiger partial charge is 0.0178 e. The number of hydrogen-bond acceptors (Lipinski definition) is 0. The van der Waals surface area contributed by atoms with E-state index in [0.717, 1.165) is 5.92 Å². The van der Waals surface area contributed by atoms with Crippen molar-refractivity contribution < 1.29 is 0 Å². The summed E-state index contributed by atoms with van der Waals surface area (Å²) in [6.45, 7) is 4.45. The molecule has 0 heteroatoms. The molecule has 2 aromatic carbocycles. The molecule has 0 bridgehead atoms. The lowest BCUT2D eigenvalue weighted by atomic mass is 9.83. The van der Waals surface area contributed by atoms with E-state index in [1.807, 2.05) is 0 Å². The highest BCUT2D eigenvalue weighted by Gasteiger charge is 2.15. The van der Waals surface area contributed by atoms with E-state index in [1.165, 1.54) is 66.8 Å². The zero-order chi connectivity index (χ0) is 15.4. The first-order chi connectivity index (χ1) is 10.8. The molecule has 0 saturated heterocycles. The van der Waals surface area contributed by atoms with Crippen LogP contribution in [0.2, 0.25) is 0 Å². The quantitative estimate of drug-likeness (QED) is 0.525. The lowest BCUT2D eigenvalue weighted by Crippen LogP contribution is -2.05. The molecule has 0 saturated carbocycles. The van der Waals surface area contributed by atoms with Crippen LogP contribution in [0.5, 0.6) is 0 Å². The van der Waals surface area contributed by atoms with Crippen molar-refractivity contribution in [2.24, 2.45) is 5.92 Å². The number of allylic oxidation sites excluding steroid dienone is 2. The van der Waals surface area contributed by atoms with Crippen LogP contribution in [0.15, 0.2) is 42.5 Å². The molecule has 22 heavy (non-hydrogen) atoms. The highest BCUT2D eigenvalue weighted by atomic mass is 14.2. The van der Waals surface area contributed by atoms with Crippen LogP contribution in [0.4, 0.5) is 0 Å². The molecule has 0 heterocycles. The molecule has 0 nitrogen and oxygen atoms in total. The predicted octanol–water partition coefficient (Wildman–Crippen LogP) is 6.91. The molecule has 116 valence electrons. The molecule has 0 N–H and O–H groups in total. The van der Waals surface area contributed by atoms with Crippen LogP contribution < -0.4 is 0 Å². The zero-order valence-corrected chi connectivity index (χ0v) is 14.1. The van der Waals surface area contributed by atoms with Gasteiger partial charge in [-0.2, -0.15) is 0 Å². The van der Waals surface area contributed by atoms with Gasteiger partial charge < -0.3 is 0 Å². The lowest BCUT2D eigenvalue weighted by Gasteiger charge is -2.22. The van der Waals surface area contributed by atoms with Gasteiger partial charge in [0.2, 0.25) is 0 Å². The van der Waals surface area contributed by atoms with Gasteiger partial charge in [-0.1, -0.05) is 74.6 Å². The normalized spacial score (nSPS) is 18.5. The summed E-state index contributed by atoms with van der Waals surface area (Å²) in [5.74, 6) is 0.929. The minimum Gasteiger partial charge on any atom is -0.0804 e. The fourth-order valence-electron chi connectivity index (χ4n) is 3.66. The summed E-state index contributed by atoms with van der Waals surface area (Å²) < 4.78 is 0. The van der Waals surface area contributed by atoms with Crippen LogP contribution in [0.3, 0.4) is 0 Å². The van der Waals surface area contributed by atoms with Gasteiger partial charge in [-0.3, -0.25) is 0 Å². The number of fused-ring (bicyclic) bond motifs is 1. The minimum atomic E-state index is 0.929. The highest BCUT2D eigenvalue weighted by Crippen LogP contribution is 2.33. The first kappa shape index (κ1) is 15.3. The second kappa shape index (κ2) is 7.13. The molecule has 1 aliphatic carbocycles. The van der Waals surface area contributed by atoms with Crippen molar-refractivity contribution in [3.05, 3.63) is 53.6 Å². The Labute approximate surface area is 135 Å². The Balaban J connectivity index is 1.71. The van der Waals surface area contributed by atoms with E-state index in [1.54, 1.807) is 5.57 Å². The number of hydrogen-bond donors (Lipinski definition) is 0. The third-order valence-electron chi connectivity index (χ3n) is 5.10. The van der Waals surface area contributed by atoms with Crippen LogP contribution >= 0.6 is 0 Å². The number of unbranched alkanes of at least 4 members (excludes halogenated alkanes) is 2. The molecule has 0 radical (unpaired) electrons. The molecule has 0 spiro atoms. The van der Waals surface area contributed by atoms with Gasteiger partial charge in [0, 0.05) is 0 Å². The third-order valence-corrected chi connectivity index (χ3v) is 5.10. The van der Waals surface area contributed by atoms with Gasteiger partial charge in [-0.25, -0.2) is 0 Å². The van der Waals surface area contributed by atoms with Gasteiger partial charge in [-0.15, -0.1) is 0 Å². The summed E-state index contributed by atoms with van der Waals surface area (Å²) >= 11 is 0. The zero-order valence-electron chi connectivity index (χ0n) is 14.1. The topological polar surface area (TPSA) is 0 Å². The first-order valence-corrected chi connectivity index (χ1v) is 8.96. The third kappa shape index (κ3) is 3.61. The molecule has 3 rings (SSSR count). The molecule has 1 atom stereocenters. The van der Waals surface area contributed by atoms with E-state index in [9.17, 15) is 0 Å². The lowest BCUT2D eigenvalue weighted by molar-refractivity contribution is 0.428. The Morgan fingerprint density at radius 3 is 2.59 bits per heavy atom. The van der Waals surface area contributed by atoms with Gasteiger partial charge >= 0.3 is 0 Å². The number of rotatable bonds is 5. The van der Waals surface area contributed by atoms with Crippen LogP contribution in [0.25, 0.3) is 16.3 Å². The Morgan fingerprint density at radius 1 is 1.00 bits per heavy atom. The van der Waals surface area contributed by atoms with Crippen molar-refractivity contribution in [3.8, 4) is 0 Å². The number of aryl methyl sites for hydroxylation is 1. The summed E-state index contributed by atoms with van der Waals surface area (Å²) in [5.41, 5.74) is 4.34. The maximum atomic E-state index is 2.51. The van der Waals surface area contributed by atoms with Gasteiger partial charge in [0.15, 0.2) is 0 Å². The maximum Gasteiger partial charge on any atom is -0.0178 e. The SMILES string of the molecule is CCCCCC1CC=C(c2ccc3cc(C)ccc3c2)CC1. The van der Waals surface area contributed by atoms with Crippen molar-refractivity contribution >= 4 is 16.3 Å². The predicted molar refractivity (Wildman–Crippen MR) is 98.1 cm³/mol. The Hall–Kier alpha value is -1.56. The molecule has 2 aromatic rings. The summed E-state index contributed by atoms with van der Waals surface area (Å²) in [5, 5.41) is 2.73. The molecule has 1 aliphatic rings. The van der Waals surface area contributed by atoms with Gasteiger partial charge in [0.25, 0.3) is 0 Å². The summed E-state index contributed by atoms with van der Waals surface area (Å²) in [6.07, 6.45) is 12.0. The van der Waals surface area contributed by atoms with E-state index < -0.39 is 0 Å². The molecular weight excluding hydrogens is 264 g/mol. The second-order valence-corrected chi connectivity index (χ2v) is 6.93.